The maximum atomic E-state index is 13.6. The summed E-state index contributed by atoms with van der Waals surface area (Å²) in [5.74, 6) is -0.877. The van der Waals surface area contributed by atoms with Gasteiger partial charge in [-0.15, -0.1) is 0 Å². The molecule has 1 fully saturated rings. The Morgan fingerprint density at radius 1 is 1.52 bits per heavy atom. The van der Waals surface area contributed by atoms with E-state index in [1.165, 1.54) is 12.1 Å². The lowest BCUT2D eigenvalue weighted by Gasteiger charge is -2.04. The average Bonchev–Trinajstić information content (AvgIpc) is 3.12. The van der Waals surface area contributed by atoms with Crippen LogP contribution in [0, 0.1) is 5.82 Å². The van der Waals surface area contributed by atoms with Gasteiger partial charge in [-0.25, -0.2) is 4.39 Å². The summed E-state index contributed by atoms with van der Waals surface area (Å²) in [6, 6.07) is 4.25. The highest BCUT2D eigenvalue weighted by atomic mass is 79.9. The Hall–Kier alpha value is -1.80. The van der Waals surface area contributed by atoms with Crippen molar-refractivity contribution in [2.45, 2.75) is 18.9 Å². The molecule has 0 bridgehead atoms. The number of nitrogens with zero attached hydrogens (tertiary/aromatic N) is 2. The molecule has 8 heteroatoms. The number of rotatable bonds is 3. The number of benzene rings is 1. The Labute approximate surface area is 128 Å². The molecule has 2 aromatic rings. The van der Waals surface area contributed by atoms with Crippen LogP contribution in [-0.2, 0) is 0 Å². The van der Waals surface area contributed by atoms with Crippen molar-refractivity contribution in [2.24, 2.45) is 0 Å². The topological polar surface area (TPSA) is 80.0 Å². The van der Waals surface area contributed by atoms with Gasteiger partial charge in [-0.1, -0.05) is 21.1 Å². The molecule has 1 saturated heterocycles. The van der Waals surface area contributed by atoms with Crippen LogP contribution < -0.4 is 10.6 Å². The summed E-state index contributed by atoms with van der Waals surface area (Å²) < 4.78 is 19.3. The number of anilines is 1. The smallest absolute Gasteiger partial charge is 0.297 e. The van der Waals surface area contributed by atoms with Crippen LogP contribution in [0.1, 0.15) is 35.4 Å². The highest BCUT2D eigenvalue weighted by Gasteiger charge is 2.24. The number of aromatic nitrogens is 2. The zero-order chi connectivity index (χ0) is 14.8. The molecule has 2 heterocycles. The van der Waals surface area contributed by atoms with Gasteiger partial charge >= 0.3 is 0 Å². The summed E-state index contributed by atoms with van der Waals surface area (Å²) in [6.07, 6.45) is 1.92. The minimum atomic E-state index is -0.611. The lowest BCUT2D eigenvalue weighted by Crippen LogP contribution is -2.16. The predicted octanol–water partition coefficient (Wildman–Crippen LogP) is 2.65. The first kappa shape index (κ1) is 14.2. The largest absolute Gasteiger partial charge is 0.337 e. The fourth-order valence-corrected chi connectivity index (χ4v) is 2.50. The summed E-state index contributed by atoms with van der Waals surface area (Å²) in [6.45, 7) is 0.887. The molecule has 2 N–H and O–H groups in total. The average molecular weight is 355 g/mol. The van der Waals surface area contributed by atoms with Crippen LogP contribution in [0.25, 0.3) is 0 Å². The molecule has 1 amide bonds. The molecule has 3 rings (SSSR count). The zero-order valence-electron chi connectivity index (χ0n) is 10.9. The third-order valence-electron chi connectivity index (χ3n) is 3.18. The molecule has 0 radical (unpaired) electrons. The third kappa shape index (κ3) is 3.11. The van der Waals surface area contributed by atoms with Gasteiger partial charge in [0.25, 0.3) is 11.7 Å². The van der Waals surface area contributed by atoms with Gasteiger partial charge in [-0.3, -0.25) is 4.79 Å². The van der Waals surface area contributed by atoms with Crippen molar-refractivity contribution in [1.29, 1.82) is 0 Å². The highest BCUT2D eigenvalue weighted by molar-refractivity contribution is 9.10. The first-order valence-corrected chi connectivity index (χ1v) is 7.26. The van der Waals surface area contributed by atoms with Gasteiger partial charge in [0.05, 0.1) is 11.7 Å². The van der Waals surface area contributed by atoms with Crippen molar-refractivity contribution in [3.8, 4) is 0 Å². The van der Waals surface area contributed by atoms with E-state index in [0.717, 1.165) is 19.4 Å². The zero-order valence-corrected chi connectivity index (χ0v) is 12.5. The van der Waals surface area contributed by atoms with Crippen LogP contribution in [0.4, 0.5) is 10.1 Å². The maximum absolute atomic E-state index is 13.6. The predicted molar refractivity (Wildman–Crippen MR) is 76.3 cm³/mol. The molecule has 110 valence electrons. The molecule has 0 spiro atoms. The third-order valence-corrected chi connectivity index (χ3v) is 3.67. The van der Waals surface area contributed by atoms with Crippen LogP contribution in [0.15, 0.2) is 27.2 Å². The Morgan fingerprint density at radius 2 is 2.38 bits per heavy atom. The fourth-order valence-electron chi connectivity index (χ4n) is 2.14. The lowest BCUT2D eigenvalue weighted by molar-refractivity contribution is 0.101. The van der Waals surface area contributed by atoms with Gasteiger partial charge in [-0.2, -0.15) is 4.98 Å². The highest BCUT2D eigenvalue weighted by Crippen LogP contribution is 2.22. The summed E-state index contributed by atoms with van der Waals surface area (Å²) in [4.78, 5) is 16.1. The van der Waals surface area contributed by atoms with Crippen LogP contribution in [-0.4, -0.2) is 22.6 Å². The molecule has 0 aliphatic carbocycles. The number of carbonyl (C=O) groups excluding carboxylic acids is 1. The van der Waals surface area contributed by atoms with Crippen molar-refractivity contribution < 1.29 is 13.7 Å². The molecule has 0 saturated carbocycles. The van der Waals surface area contributed by atoms with Crippen molar-refractivity contribution in [3.63, 3.8) is 0 Å². The molecular formula is C13H12BrFN4O2. The summed E-state index contributed by atoms with van der Waals surface area (Å²) >= 11 is 3.22. The molecule has 1 aromatic heterocycles. The van der Waals surface area contributed by atoms with E-state index >= 15 is 0 Å². The monoisotopic (exact) mass is 354 g/mol. The Morgan fingerprint density at radius 3 is 3.14 bits per heavy atom. The van der Waals surface area contributed by atoms with Crippen LogP contribution in [0.3, 0.4) is 0 Å². The Kier molecular flexibility index (Phi) is 3.98. The maximum Gasteiger partial charge on any atom is 0.297 e. The van der Waals surface area contributed by atoms with E-state index in [-0.39, 0.29) is 17.6 Å². The minimum Gasteiger partial charge on any atom is -0.337 e. The van der Waals surface area contributed by atoms with E-state index in [1.54, 1.807) is 6.07 Å². The second-order valence-electron chi connectivity index (χ2n) is 4.68. The number of nitrogens with one attached hydrogen (secondary N) is 2. The van der Waals surface area contributed by atoms with Crippen LogP contribution >= 0.6 is 15.9 Å². The van der Waals surface area contributed by atoms with Crippen molar-refractivity contribution in [3.05, 3.63) is 40.2 Å². The summed E-state index contributed by atoms with van der Waals surface area (Å²) in [5.41, 5.74) is 0.0553. The van der Waals surface area contributed by atoms with Crippen molar-refractivity contribution >= 4 is 27.5 Å². The molecule has 1 aromatic carbocycles. The van der Waals surface area contributed by atoms with Gasteiger partial charge in [0, 0.05) is 4.47 Å². The minimum absolute atomic E-state index is 0.0124. The number of amides is 1. The van der Waals surface area contributed by atoms with Gasteiger partial charge in [0.1, 0.15) is 5.82 Å². The molecule has 1 aliphatic rings. The molecule has 1 atom stereocenters. The van der Waals surface area contributed by atoms with E-state index in [1.807, 2.05) is 0 Å². The number of halogens is 2. The quantitative estimate of drug-likeness (QED) is 0.885. The van der Waals surface area contributed by atoms with E-state index in [2.05, 4.69) is 36.7 Å². The Bertz CT molecular complexity index is 670. The fraction of sp³-hybridized carbons (Fsp3) is 0.308. The van der Waals surface area contributed by atoms with Crippen molar-refractivity contribution in [1.82, 2.24) is 15.5 Å². The van der Waals surface area contributed by atoms with E-state index in [9.17, 15) is 9.18 Å². The molecule has 1 aliphatic heterocycles. The van der Waals surface area contributed by atoms with Gasteiger partial charge in [0.2, 0.25) is 5.89 Å². The van der Waals surface area contributed by atoms with Crippen LogP contribution in [0.2, 0.25) is 0 Å². The SMILES string of the molecule is O=C(Nc1cc(Br)ccc1F)c1noc(C2CCCN2)n1. The number of carbonyl (C=O) groups is 1. The molecule has 1 unspecified atom stereocenters. The normalized spacial score (nSPS) is 17.9. The van der Waals surface area contributed by atoms with Gasteiger partial charge < -0.3 is 15.2 Å². The van der Waals surface area contributed by atoms with Gasteiger partial charge in [-0.05, 0) is 37.6 Å². The first-order chi connectivity index (χ1) is 10.1. The van der Waals surface area contributed by atoms with E-state index < -0.39 is 11.7 Å². The molecule has 6 nitrogen and oxygen atoms in total. The molecule has 21 heavy (non-hydrogen) atoms. The second kappa shape index (κ2) is 5.90. The van der Waals surface area contributed by atoms with Crippen molar-refractivity contribution in [2.75, 3.05) is 11.9 Å². The van der Waals surface area contributed by atoms with Crippen LogP contribution in [0.5, 0.6) is 0 Å². The Balaban J connectivity index is 1.74. The summed E-state index contributed by atoms with van der Waals surface area (Å²) in [7, 11) is 0. The standard InChI is InChI=1S/C13H12BrFN4O2/c14-7-3-4-8(15)10(6-7)17-12(20)11-18-13(21-19-11)9-2-1-5-16-9/h3-4,6,9,16H,1-2,5H2,(H,17,20). The summed E-state index contributed by atoms with van der Waals surface area (Å²) in [5, 5.41) is 9.26. The number of hydrogen-bond donors (Lipinski definition) is 2. The second-order valence-corrected chi connectivity index (χ2v) is 5.60. The lowest BCUT2D eigenvalue weighted by atomic mass is 10.2. The van der Waals surface area contributed by atoms with E-state index in [4.69, 9.17) is 4.52 Å². The van der Waals surface area contributed by atoms with E-state index in [0.29, 0.717) is 10.4 Å². The van der Waals surface area contributed by atoms with Gasteiger partial charge in [0.15, 0.2) is 0 Å². The molecular weight excluding hydrogens is 343 g/mol. The first-order valence-electron chi connectivity index (χ1n) is 6.47. The number of hydrogen-bond acceptors (Lipinski definition) is 5.